The smallest absolute Gasteiger partial charge is 0.264 e. The summed E-state index contributed by atoms with van der Waals surface area (Å²) in [6.07, 6.45) is 3.67. The maximum atomic E-state index is 13.1. The fourth-order valence-corrected chi connectivity index (χ4v) is 4.60. The summed E-state index contributed by atoms with van der Waals surface area (Å²) in [7, 11) is 0. The number of fused-ring (bicyclic) bond motifs is 1. The van der Waals surface area contributed by atoms with Crippen molar-refractivity contribution in [2.75, 3.05) is 5.32 Å². The number of nitrogens with one attached hydrogen (secondary N) is 2. The molecule has 0 radical (unpaired) electrons. The number of hydrogen-bond acceptors (Lipinski definition) is 4. The van der Waals surface area contributed by atoms with E-state index in [4.69, 9.17) is 0 Å². The lowest BCUT2D eigenvalue weighted by Gasteiger charge is -2.07. The fourth-order valence-electron chi connectivity index (χ4n) is 3.77. The summed E-state index contributed by atoms with van der Waals surface area (Å²) in [4.78, 5) is 30.1. The van der Waals surface area contributed by atoms with E-state index in [1.807, 2.05) is 66.2 Å². The first kappa shape index (κ1) is 22.6. The predicted octanol–water partition coefficient (Wildman–Crippen LogP) is 5.62. The molecule has 1 fully saturated rings. The van der Waals surface area contributed by atoms with Crippen LogP contribution in [0.5, 0.6) is 0 Å². The summed E-state index contributed by atoms with van der Waals surface area (Å²) in [5.74, 6) is -0.748. The third kappa shape index (κ3) is 5.17. The first-order valence-corrected chi connectivity index (χ1v) is 11.8. The molecule has 0 spiro atoms. The highest BCUT2D eigenvalue weighted by molar-refractivity contribution is 8.18. The highest BCUT2D eigenvalue weighted by Crippen LogP contribution is 2.31. The van der Waals surface area contributed by atoms with Gasteiger partial charge >= 0.3 is 0 Å². The summed E-state index contributed by atoms with van der Waals surface area (Å²) in [6.45, 7) is 2.13. The van der Waals surface area contributed by atoms with E-state index in [-0.39, 0.29) is 24.2 Å². The summed E-state index contributed by atoms with van der Waals surface area (Å²) >= 11 is 1.22. The standard InChI is InChI=1S/C27H21FN4O2S/c1-17-6-10-20(11-7-17)29-25(33)16-32-15-18(22-4-2-3-5-23(22)32)14-24-26(34)31-27(35-24)30-21-12-8-19(28)9-13-21/h2-15H,16H2,1H3,(H,29,33)(H,30,31,34)/b24-14+. The Labute approximate surface area is 205 Å². The van der Waals surface area contributed by atoms with E-state index in [1.165, 1.54) is 23.9 Å². The number of rotatable bonds is 5. The van der Waals surface area contributed by atoms with Crippen LogP contribution in [0.4, 0.5) is 15.8 Å². The van der Waals surface area contributed by atoms with Gasteiger partial charge in [0.2, 0.25) is 5.91 Å². The van der Waals surface area contributed by atoms with Crippen molar-refractivity contribution < 1.29 is 14.0 Å². The molecule has 1 aliphatic rings. The van der Waals surface area contributed by atoms with Gasteiger partial charge in [-0.25, -0.2) is 9.38 Å². The Hall–Kier alpha value is -4.17. The third-order valence-electron chi connectivity index (χ3n) is 5.46. The molecule has 0 unspecified atom stereocenters. The minimum Gasteiger partial charge on any atom is -0.337 e. The van der Waals surface area contributed by atoms with Crippen molar-refractivity contribution >= 4 is 57.1 Å². The number of halogens is 1. The largest absolute Gasteiger partial charge is 0.337 e. The number of para-hydroxylation sites is 1. The number of benzene rings is 3. The zero-order chi connectivity index (χ0) is 24.4. The Morgan fingerprint density at radius 2 is 1.83 bits per heavy atom. The van der Waals surface area contributed by atoms with Crippen molar-refractivity contribution in [1.82, 2.24) is 9.88 Å². The molecule has 5 rings (SSSR count). The van der Waals surface area contributed by atoms with Gasteiger partial charge in [0, 0.05) is 28.4 Å². The molecule has 2 amide bonds. The Morgan fingerprint density at radius 1 is 1.09 bits per heavy atom. The molecule has 0 atom stereocenters. The van der Waals surface area contributed by atoms with Crippen LogP contribution < -0.4 is 10.6 Å². The number of anilines is 1. The number of amidine groups is 1. The first-order valence-electron chi connectivity index (χ1n) is 10.9. The van der Waals surface area contributed by atoms with Crippen LogP contribution in [0.2, 0.25) is 0 Å². The number of carbonyl (C=O) groups is 2. The Kier molecular flexibility index (Phi) is 6.20. The van der Waals surface area contributed by atoms with Crippen LogP contribution >= 0.6 is 11.8 Å². The van der Waals surface area contributed by atoms with Crippen molar-refractivity contribution in [3.8, 4) is 0 Å². The van der Waals surface area contributed by atoms with Crippen molar-refractivity contribution in [3.63, 3.8) is 0 Å². The van der Waals surface area contributed by atoms with Crippen LogP contribution in [-0.2, 0) is 16.1 Å². The van der Waals surface area contributed by atoms with Crippen molar-refractivity contribution in [3.05, 3.63) is 101 Å². The molecule has 1 aliphatic heterocycles. The Bertz CT molecular complexity index is 1490. The van der Waals surface area contributed by atoms with E-state index in [0.29, 0.717) is 15.8 Å². The van der Waals surface area contributed by atoms with Gasteiger partial charge in [0.1, 0.15) is 12.4 Å². The van der Waals surface area contributed by atoms with Gasteiger partial charge in [0.05, 0.1) is 10.6 Å². The molecule has 0 saturated carbocycles. The molecule has 0 aliphatic carbocycles. The Balaban J connectivity index is 1.39. The van der Waals surface area contributed by atoms with Gasteiger partial charge in [-0.1, -0.05) is 35.9 Å². The van der Waals surface area contributed by atoms with E-state index in [9.17, 15) is 14.0 Å². The van der Waals surface area contributed by atoms with Crippen LogP contribution in [0.3, 0.4) is 0 Å². The topological polar surface area (TPSA) is 75.5 Å². The maximum absolute atomic E-state index is 13.1. The average Bonchev–Trinajstić information content (AvgIpc) is 3.36. The molecule has 8 heteroatoms. The van der Waals surface area contributed by atoms with E-state index >= 15 is 0 Å². The van der Waals surface area contributed by atoms with Gasteiger partial charge in [-0.2, -0.15) is 0 Å². The molecular formula is C27H21FN4O2S. The van der Waals surface area contributed by atoms with E-state index in [2.05, 4.69) is 15.6 Å². The molecule has 3 aromatic carbocycles. The first-order chi connectivity index (χ1) is 16.9. The van der Waals surface area contributed by atoms with Gasteiger partial charge in [-0.05, 0) is 67.2 Å². The second-order valence-corrected chi connectivity index (χ2v) is 9.13. The average molecular weight is 485 g/mol. The lowest BCUT2D eigenvalue weighted by Crippen LogP contribution is -2.19. The van der Waals surface area contributed by atoms with Crippen LogP contribution in [0.25, 0.3) is 17.0 Å². The van der Waals surface area contributed by atoms with Gasteiger partial charge in [-0.15, -0.1) is 0 Å². The van der Waals surface area contributed by atoms with Crippen LogP contribution in [-0.4, -0.2) is 21.5 Å². The van der Waals surface area contributed by atoms with Crippen LogP contribution in [0.1, 0.15) is 11.1 Å². The number of hydrogen-bond donors (Lipinski definition) is 2. The molecule has 1 aromatic heterocycles. The Morgan fingerprint density at radius 3 is 2.60 bits per heavy atom. The predicted molar refractivity (Wildman–Crippen MR) is 139 cm³/mol. The lowest BCUT2D eigenvalue weighted by molar-refractivity contribution is -0.117. The minimum atomic E-state index is -0.346. The fraction of sp³-hybridized carbons (Fsp3) is 0.0741. The summed E-state index contributed by atoms with van der Waals surface area (Å²) in [5.41, 5.74) is 4.13. The summed E-state index contributed by atoms with van der Waals surface area (Å²) in [6, 6.07) is 21.1. The number of aromatic nitrogens is 1. The number of carbonyl (C=O) groups excluding carboxylic acids is 2. The number of amides is 2. The van der Waals surface area contributed by atoms with Gasteiger partial charge < -0.3 is 15.2 Å². The van der Waals surface area contributed by atoms with Gasteiger partial charge in [0.25, 0.3) is 5.91 Å². The van der Waals surface area contributed by atoms with Crippen molar-refractivity contribution in [1.29, 1.82) is 0 Å². The molecule has 174 valence electrons. The van der Waals surface area contributed by atoms with Crippen molar-refractivity contribution in [2.45, 2.75) is 13.5 Å². The molecular weight excluding hydrogens is 463 g/mol. The third-order valence-corrected chi connectivity index (χ3v) is 6.37. The molecule has 2 heterocycles. The highest BCUT2D eigenvalue weighted by Gasteiger charge is 2.24. The SMILES string of the molecule is Cc1ccc(NC(=O)Cn2cc(/C=C3/SC(=Nc4ccc(F)cc4)NC3=O)c3ccccc32)cc1. The van der Waals surface area contributed by atoms with Gasteiger partial charge in [0.15, 0.2) is 5.17 Å². The number of aryl methyl sites for hydroxylation is 1. The van der Waals surface area contributed by atoms with E-state index in [0.717, 1.165) is 27.7 Å². The summed E-state index contributed by atoms with van der Waals surface area (Å²) < 4.78 is 15.0. The lowest BCUT2D eigenvalue weighted by atomic mass is 10.1. The normalized spacial score (nSPS) is 15.7. The molecule has 4 aromatic rings. The molecule has 35 heavy (non-hydrogen) atoms. The quantitative estimate of drug-likeness (QED) is 0.361. The molecule has 0 bridgehead atoms. The monoisotopic (exact) mass is 484 g/mol. The molecule has 6 nitrogen and oxygen atoms in total. The highest BCUT2D eigenvalue weighted by atomic mass is 32.2. The zero-order valence-corrected chi connectivity index (χ0v) is 19.6. The van der Waals surface area contributed by atoms with Crippen molar-refractivity contribution in [2.24, 2.45) is 4.99 Å². The second kappa shape index (κ2) is 9.60. The molecule has 2 N–H and O–H groups in total. The number of nitrogens with zero attached hydrogens (tertiary/aromatic N) is 2. The zero-order valence-electron chi connectivity index (χ0n) is 18.8. The summed E-state index contributed by atoms with van der Waals surface area (Å²) in [5, 5.41) is 7.02. The minimum absolute atomic E-state index is 0.133. The number of thioether (sulfide) groups is 1. The van der Waals surface area contributed by atoms with Crippen LogP contribution in [0.15, 0.2) is 88.9 Å². The van der Waals surface area contributed by atoms with Gasteiger partial charge in [-0.3, -0.25) is 9.59 Å². The maximum Gasteiger partial charge on any atom is 0.264 e. The molecule has 1 saturated heterocycles. The van der Waals surface area contributed by atoms with E-state index < -0.39 is 0 Å². The van der Waals surface area contributed by atoms with E-state index in [1.54, 1.807) is 18.2 Å². The number of aliphatic imine (C=N–C) groups is 1. The second-order valence-electron chi connectivity index (χ2n) is 8.10. The van der Waals surface area contributed by atoms with Crippen LogP contribution in [0, 0.1) is 12.7 Å².